The lowest BCUT2D eigenvalue weighted by Crippen LogP contribution is -2.40. The molecule has 1 atom stereocenters. The monoisotopic (exact) mass is 384 g/mol. The van der Waals surface area contributed by atoms with Crippen molar-refractivity contribution in [2.75, 3.05) is 5.75 Å². The Bertz CT molecular complexity index is 883. The van der Waals surface area contributed by atoms with E-state index in [0.29, 0.717) is 22.9 Å². The van der Waals surface area contributed by atoms with Crippen molar-refractivity contribution >= 4 is 39.7 Å². The van der Waals surface area contributed by atoms with Gasteiger partial charge in [-0.05, 0) is 18.9 Å². The van der Waals surface area contributed by atoms with Crippen LogP contribution in [0.4, 0.5) is 0 Å². The average molecular weight is 385 g/mol. The lowest BCUT2D eigenvalue weighted by Gasteiger charge is -2.23. The predicted octanol–water partition coefficient (Wildman–Crippen LogP) is 2.62. The summed E-state index contributed by atoms with van der Waals surface area (Å²) < 4.78 is 0. The van der Waals surface area contributed by atoms with Crippen LogP contribution in [0.5, 0.6) is 0 Å². The zero-order valence-corrected chi connectivity index (χ0v) is 15.9. The number of nitrogens with zero attached hydrogens (tertiary/aromatic N) is 2. The van der Waals surface area contributed by atoms with Crippen molar-refractivity contribution in [1.82, 2.24) is 15.6 Å². The molecule has 27 heavy (non-hydrogen) atoms. The lowest BCUT2D eigenvalue weighted by molar-refractivity contribution is -0.119. The Morgan fingerprint density at radius 2 is 2.04 bits per heavy atom. The van der Waals surface area contributed by atoms with E-state index in [1.165, 1.54) is 31.0 Å². The van der Waals surface area contributed by atoms with Crippen molar-refractivity contribution < 1.29 is 4.79 Å². The highest BCUT2D eigenvalue weighted by atomic mass is 32.2. The van der Waals surface area contributed by atoms with E-state index in [4.69, 9.17) is 5.73 Å². The second-order valence-corrected chi connectivity index (χ2v) is 7.89. The van der Waals surface area contributed by atoms with Gasteiger partial charge >= 0.3 is 0 Å². The van der Waals surface area contributed by atoms with Crippen molar-refractivity contribution in [3.8, 4) is 0 Å². The number of guanidine groups is 1. The summed E-state index contributed by atoms with van der Waals surface area (Å²) in [4.78, 5) is 24.5. The molecule has 8 heteroatoms. The number of carbonyl (C=O) groups is 1. The fraction of sp³-hybridized carbons (Fsp3) is 0.421. The molecule has 142 valence electrons. The third-order valence-corrected chi connectivity index (χ3v) is 5.83. The molecule has 1 aromatic heterocycles. The second-order valence-electron chi connectivity index (χ2n) is 6.93. The number of amides is 1. The van der Waals surface area contributed by atoms with Gasteiger partial charge in [-0.3, -0.25) is 4.79 Å². The van der Waals surface area contributed by atoms with Crippen molar-refractivity contribution in [2.45, 2.75) is 44.3 Å². The van der Waals surface area contributed by atoms with E-state index < -0.39 is 6.17 Å². The highest BCUT2D eigenvalue weighted by Gasteiger charge is 2.21. The van der Waals surface area contributed by atoms with E-state index >= 15 is 0 Å². The first-order valence-corrected chi connectivity index (χ1v) is 10.3. The molecule has 7 nitrogen and oxygen atoms in total. The van der Waals surface area contributed by atoms with E-state index in [0.717, 1.165) is 29.3 Å². The van der Waals surface area contributed by atoms with Gasteiger partial charge in [-0.1, -0.05) is 49.2 Å². The summed E-state index contributed by atoms with van der Waals surface area (Å²) >= 11 is 1.36. The highest BCUT2D eigenvalue weighted by molar-refractivity contribution is 8.14. The maximum Gasteiger partial charge on any atom is 0.230 e. The van der Waals surface area contributed by atoms with E-state index in [-0.39, 0.29) is 5.91 Å². The SMILES string of the molecule is NC1=N[C@@H](c2c[nH]c3ccccc23)N=C(SCC(=O)NC2CCCCC2)N1. The van der Waals surface area contributed by atoms with Crippen molar-refractivity contribution in [3.63, 3.8) is 0 Å². The van der Waals surface area contributed by atoms with Gasteiger partial charge in [0.2, 0.25) is 5.91 Å². The first kappa shape index (κ1) is 17.9. The van der Waals surface area contributed by atoms with Crippen LogP contribution in [-0.2, 0) is 4.79 Å². The Labute approximate surface area is 162 Å². The van der Waals surface area contributed by atoms with Crippen LogP contribution in [0, 0.1) is 0 Å². The van der Waals surface area contributed by atoms with Gasteiger partial charge in [0, 0.05) is 28.7 Å². The van der Waals surface area contributed by atoms with Crippen LogP contribution in [0.15, 0.2) is 40.4 Å². The standard InChI is InChI=1S/C19H24N6OS/c20-18-23-17(14-10-21-15-9-5-4-8-13(14)15)24-19(25-18)27-11-16(26)22-12-6-2-1-3-7-12/h4-5,8-10,12,17,21H,1-3,6-7,11H2,(H,22,26)(H3,20,23,24,25)/t17-/m1/s1. The van der Waals surface area contributed by atoms with Crippen LogP contribution in [0.2, 0.25) is 0 Å². The van der Waals surface area contributed by atoms with E-state index in [1.54, 1.807) is 0 Å². The molecule has 2 aliphatic rings. The Morgan fingerprint density at radius 3 is 2.89 bits per heavy atom. The minimum Gasteiger partial charge on any atom is -0.370 e. The molecular weight excluding hydrogens is 360 g/mol. The number of aromatic nitrogens is 1. The molecule has 1 aliphatic carbocycles. The molecule has 0 saturated heterocycles. The number of amidine groups is 1. The Morgan fingerprint density at radius 1 is 1.22 bits per heavy atom. The number of thioether (sulfide) groups is 1. The fourth-order valence-electron chi connectivity index (χ4n) is 3.62. The summed E-state index contributed by atoms with van der Waals surface area (Å²) in [6, 6.07) is 8.34. The number of carbonyl (C=O) groups excluding carboxylic acids is 1. The molecule has 2 heterocycles. The minimum absolute atomic E-state index is 0.0427. The molecule has 5 N–H and O–H groups in total. The number of nitrogens with one attached hydrogen (secondary N) is 3. The zero-order valence-electron chi connectivity index (χ0n) is 15.1. The second kappa shape index (κ2) is 8.04. The molecule has 0 radical (unpaired) electrons. The van der Waals surface area contributed by atoms with Crippen LogP contribution in [-0.4, -0.2) is 33.8 Å². The molecular formula is C19H24N6OS. The number of aliphatic imine (C=N–C) groups is 2. The fourth-order valence-corrected chi connectivity index (χ4v) is 4.32. The molecule has 0 unspecified atom stereocenters. The van der Waals surface area contributed by atoms with Crippen LogP contribution < -0.4 is 16.4 Å². The summed E-state index contributed by atoms with van der Waals surface area (Å²) in [5.41, 5.74) is 7.97. The van der Waals surface area contributed by atoms with Gasteiger partial charge in [0.1, 0.15) is 0 Å². The molecule has 1 fully saturated rings. The molecule has 1 aliphatic heterocycles. The summed E-state index contributed by atoms with van der Waals surface area (Å²) in [5.74, 6) is 0.674. The highest BCUT2D eigenvalue weighted by Crippen LogP contribution is 2.29. The molecule has 4 rings (SSSR count). The van der Waals surface area contributed by atoms with Gasteiger partial charge in [0.25, 0.3) is 0 Å². The van der Waals surface area contributed by atoms with Gasteiger partial charge in [-0.2, -0.15) is 0 Å². The molecule has 1 amide bonds. The molecule has 1 saturated carbocycles. The maximum absolute atomic E-state index is 12.2. The number of nitrogens with two attached hydrogens (primary N) is 1. The van der Waals surface area contributed by atoms with Crippen LogP contribution >= 0.6 is 11.8 Å². The van der Waals surface area contributed by atoms with Crippen molar-refractivity contribution in [2.24, 2.45) is 15.7 Å². The predicted molar refractivity (Wildman–Crippen MR) is 111 cm³/mol. The molecule has 0 bridgehead atoms. The third kappa shape index (κ3) is 4.27. The number of rotatable bonds is 4. The normalized spacial score (nSPS) is 20.7. The number of H-pyrrole nitrogens is 1. The first-order valence-electron chi connectivity index (χ1n) is 9.35. The van der Waals surface area contributed by atoms with E-state index in [2.05, 4.69) is 25.6 Å². The topological polar surface area (TPSA) is 108 Å². The van der Waals surface area contributed by atoms with Crippen molar-refractivity contribution in [3.05, 3.63) is 36.0 Å². The van der Waals surface area contributed by atoms with E-state index in [9.17, 15) is 4.79 Å². The van der Waals surface area contributed by atoms with Gasteiger partial charge in [-0.25, -0.2) is 9.98 Å². The van der Waals surface area contributed by atoms with Crippen LogP contribution in [0.1, 0.15) is 43.8 Å². The summed E-state index contributed by atoms with van der Waals surface area (Å²) in [5, 5.41) is 7.78. The number of hydrogen-bond donors (Lipinski definition) is 4. The van der Waals surface area contributed by atoms with Crippen LogP contribution in [0.25, 0.3) is 10.9 Å². The summed E-state index contributed by atoms with van der Waals surface area (Å²) in [6.45, 7) is 0. The Balaban J connectivity index is 1.41. The lowest BCUT2D eigenvalue weighted by atomic mass is 9.95. The van der Waals surface area contributed by atoms with E-state index in [1.807, 2.05) is 30.5 Å². The van der Waals surface area contributed by atoms with Gasteiger partial charge in [0.05, 0.1) is 5.75 Å². The first-order chi connectivity index (χ1) is 13.2. The zero-order chi connectivity index (χ0) is 18.6. The smallest absolute Gasteiger partial charge is 0.230 e. The third-order valence-electron chi connectivity index (χ3n) is 4.95. The minimum atomic E-state index is -0.411. The Hall–Kier alpha value is -2.48. The summed E-state index contributed by atoms with van der Waals surface area (Å²) in [7, 11) is 0. The quantitative estimate of drug-likeness (QED) is 0.650. The molecule has 2 aromatic rings. The maximum atomic E-state index is 12.2. The summed E-state index contributed by atoms with van der Waals surface area (Å²) in [6.07, 6.45) is 7.34. The van der Waals surface area contributed by atoms with Gasteiger partial charge < -0.3 is 21.4 Å². The number of aromatic amines is 1. The number of para-hydroxylation sites is 1. The molecule has 1 aromatic carbocycles. The van der Waals surface area contributed by atoms with Crippen LogP contribution in [0.3, 0.4) is 0 Å². The largest absolute Gasteiger partial charge is 0.370 e. The van der Waals surface area contributed by atoms with Gasteiger partial charge in [-0.15, -0.1) is 0 Å². The van der Waals surface area contributed by atoms with Crippen molar-refractivity contribution in [1.29, 1.82) is 0 Å². The Kier molecular flexibility index (Phi) is 5.33. The average Bonchev–Trinajstić information content (AvgIpc) is 3.11. The number of fused-ring (bicyclic) bond motifs is 1. The molecule has 0 spiro atoms. The number of hydrogen-bond acceptors (Lipinski definition) is 6. The van der Waals surface area contributed by atoms with Gasteiger partial charge in [0.15, 0.2) is 17.3 Å². The number of benzene rings is 1.